The fourth-order valence-corrected chi connectivity index (χ4v) is 4.83. The van der Waals surface area contributed by atoms with E-state index in [0.717, 1.165) is 49.7 Å². The van der Waals surface area contributed by atoms with Gasteiger partial charge in [-0.15, -0.1) is 0 Å². The number of nitriles is 1. The number of allylic oxidation sites excluding steroid dienone is 1. The Labute approximate surface area is 223 Å². The first-order valence-electron chi connectivity index (χ1n) is 12.9. The third-order valence-electron chi connectivity index (χ3n) is 7.03. The molecule has 2 N–H and O–H groups in total. The smallest absolute Gasteiger partial charge is 0.258 e. The lowest BCUT2D eigenvalue weighted by atomic mass is 10.1. The van der Waals surface area contributed by atoms with Crippen LogP contribution in [-0.2, 0) is 6.54 Å². The first-order valence-corrected chi connectivity index (χ1v) is 12.9. The van der Waals surface area contributed by atoms with E-state index in [1.165, 1.54) is 5.56 Å². The van der Waals surface area contributed by atoms with Gasteiger partial charge in [-0.2, -0.15) is 5.26 Å². The standard InChI is InChI=1S/C29H32N8O/c1-4-37-25-8-6-5-7-24(25)32-27(37)23(17-30)26-20(2)18-31-29(33-26)34-28(38)22-11-9-21(10-12-22)19-36-15-13-35(3)14-16-36/h5-12,18,32H,4,13-16,19H2,1-3H3,(H,31,33,34,38)/b27-23+. The van der Waals surface area contributed by atoms with Crippen molar-refractivity contribution in [1.82, 2.24) is 19.8 Å². The zero-order valence-electron chi connectivity index (χ0n) is 22.0. The van der Waals surface area contributed by atoms with E-state index in [4.69, 9.17) is 0 Å². The molecule has 1 amide bonds. The van der Waals surface area contributed by atoms with Gasteiger partial charge in [0.15, 0.2) is 0 Å². The minimum atomic E-state index is -0.293. The average molecular weight is 509 g/mol. The Kier molecular flexibility index (Phi) is 7.36. The highest BCUT2D eigenvalue weighted by atomic mass is 16.1. The first-order chi connectivity index (χ1) is 18.5. The molecule has 0 spiro atoms. The molecule has 0 atom stereocenters. The highest BCUT2D eigenvalue weighted by Gasteiger charge is 2.27. The van der Waals surface area contributed by atoms with Crippen molar-refractivity contribution >= 4 is 28.8 Å². The molecule has 1 fully saturated rings. The van der Waals surface area contributed by atoms with Gasteiger partial charge in [-0.1, -0.05) is 24.3 Å². The van der Waals surface area contributed by atoms with E-state index >= 15 is 0 Å². The number of aromatic nitrogens is 2. The van der Waals surface area contributed by atoms with Crippen molar-refractivity contribution in [3.05, 3.63) is 82.9 Å². The maximum Gasteiger partial charge on any atom is 0.258 e. The number of carbonyl (C=O) groups is 1. The van der Waals surface area contributed by atoms with E-state index in [2.05, 4.69) is 48.4 Å². The predicted molar refractivity (Wildman–Crippen MR) is 150 cm³/mol. The Morgan fingerprint density at radius 2 is 1.84 bits per heavy atom. The molecule has 0 unspecified atom stereocenters. The van der Waals surface area contributed by atoms with Crippen molar-refractivity contribution in [2.45, 2.75) is 20.4 Å². The van der Waals surface area contributed by atoms with Gasteiger partial charge in [0, 0.05) is 51.0 Å². The molecule has 0 saturated carbocycles. The zero-order valence-corrected chi connectivity index (χ0v) is 22.0. The minimum Gasteiger partial charge on any atom is -0.339 e. The molecule has 0 aliphatic carbocycles. The van der Waals surface area contributed by atoms with E-state index < -0.39 is 0 Å². The number of aryl methyl sites for hydroxylation is 1. The fourth-order valence-electron chi connectivity index (χ4n) is 4.83. The van der Waals surface area contributed by atoms with E-state index in [1.54, 1.807) is 6.20 Å². The quantitative estimate of drug-likeness (QED) is 0.483. The number of rotatable bonds is 6. The van der Waals surface area contributed by atoms with Crippen LogP contribution in [0.4, 0.5) is 17.3 Å². The summed E-state index contributed by atoms with van der Waals surface area (Å²) in [6.07, 6.45) is 1.63. The molecule has 38 heavy (non-hydrogen) atoms. The number of nitrogens with one attached hydrogen (secondary N) is 2. The Morgan fingerprint density at radius 3 is 2.55 bits per heavy atom. The summed E-state index contributed by atoms with van der Waals surface area (Å²) in [4.78, 5) is 28.7. The number of nitrogens with zero attached hydrogens (tertiary/aromatic N) is 6. The second-order valence-corrected chi connectivity index (χ2v) is 9.68. The summed E-state index contributed by atoms with van der Waals surface area (Å²) in [5, 5.41) is 16.3. The van der Waals surface area contributed by atoms with Crippen LogP contribution < -0.4 is 15.5 Å². The molecule has 2 aliphatic heterocycles. The number of benzene rings is 2. The second-order valence-electron chi connectivity index (χ2n) is 9.68. The monoisotopic (exact) mass is 508 g/mol. The van der Waals surface area contributed by atoms with Crippen molar-refractivity contribution in [3.63, 3.8) is 0 Å². The summed E-state index contributed by atoms with van der Waals surface area (Å²) in [6.45, 7) is 9.69. The number of fused-ring (bicyclic) bond motifs is 1. The largest absolute Gasteiger partial charge is 0.339 e. The lowest BCUT2D eigenvalue weighted by molar-refractivity contribution is 0.102. The third kappa shape index (κ3) is 5.23. The maximum atomic E-state index is 13.0. The van der Waals surface area contributed by atoms with Gasteiger partial charge >= 0.3 is 0 Å². The van der Waals surface area contributed by atoms with E-state index in [9.17, 15) is 10.1 Å². The first kappa shape index (κ1) is 25.4. The summed E-state index contributed by atoms with van der Waals surface area (Å²) in [5.41, 5.74) is 5.27. The number of amides is 1. The Balaban J connectivity index is 1.33. The van der Waals surface area contributed by atoms with Crippen molar-refractivity contribution in [2.24, 2.45) is 0 Å². The molecule has 3 heterocycles. The van der Waals surface area contributed by atoms with Crippen molar-refractivity contribution in [2.75, 3.05) is 55.3 Å². The number of para-hydroxylation sites is 2. The number of carbonyl (C=O) groups excluding carboxylic acids is 1. The molecule has 5 rings (SSSR count). The van der Waals surface area contributed by atoms with Crippen LogP contribution in [0, 0.1) is 18.3 Å². The van der Waals surface area contributed by atoms with E-state index in [1.807, 2.05) is 62.4 Å². The molecule has 9 nitrogen and oxygen atoms in total. The predicted octanol–water partition coefficient (Wildman–Crippen LogP) is 3.93. The summed E-state index contributed by atoms with van der Waals surface area (Å²) < 4.78 is 0. The van der Waals surface area contributed by atoms with Crippen molar-refractivity contribution < 1.29 is 4.79 Å². The molecule has 194 valence electrons. The van der Waals surface area contributed by atoms with Gasteiger partial charge < -0.3 is 15.1 Å². The molecule has 1 aromatic heterocycles. The van der Waals surface area contributed by atoms with Crippen LogP contribution in [0.25, 0.3) is 5.57 Å². The molecule has 0 radical (unpaired) electrons. The van der Waals surface area contributed by atoms with Crippen LogP contribution in [0.15, 0.2) is 60.5 Å². The summed E-state index contributed by atoms with van der Waals surface area (Å²) in [5.74, 6) is 0.536. The number of anilines is 3. The van der Waals surface area contributed by atoms with Gasteiger partial charge in [-0.3, -0.25) is 15.0 Å². The lowest BCUT2D eigenvalue weighted by Crippen LogP contribution is -2.43. The van der Waals surface area contributed by atoms with Crippen LogP contribution in [0.3, 0.4) is 0 Å². The highest BCUT2D eigenvalue weighted by Crippen LogP contribution is 2.38. The van der Waals surface area contributed by atoms with Gasteiger partial charge in [0.25, 0.3) is 5.91 Å². The molecular formula is C29H32N8O. The van der Waals surface area contributed by atoms with Crippen LogP contribution in [0.2, 0.25) is 0 Å². The Hall–Kier alpha value is -4.26. The van der Waals surface area contributed by atoms with Gasteiger partial charge in [0.05, 0.1) is 17.1 Å². The zero-order chi connectivity index (χ0) is 26.6. The van der Waals surface area contributed by atoms with Gasteiger partial charge in [0.1, 0.15) is 17.5 Å². The van der Waals surface area contributed by atoms with Crippen LogP contribution in [0.1, 0.15) is 34.1 Å². The van der Waals surface area contributed by atoms with Crippen LogP contribution in [0.5, 0.6) is 0 Å². The number of likely N-dealkylation sites (N-methyl/N-ethyl adjacent to an activating group) is 1. The van der Waals surface area contributed by atoms with Crippen LogP contribution >= 0.6 is 0 Å². The summed E-state index contributed by atoms with van der Waals surface area (Å²) in [7, 11) is 2.15. The second kappa shape index (κ2) is 11.0. The van der Waals surface area contributed by atoms with Crippen molar-refractivity contribution in [3.8, 4) is 6.07 Å². The topological polar surface area (TPSA) is 100 Å². The van der Waals surface area contributed by atoms with E-state index in [-0.39, 0.29) is 11.9 Å². The van der Waals surface area contributed by atoms with Gasteiger partial charge in [-0.05, 0) is 56.3 Å². The minimum absolute atomic E-state index is 0.157. The molecule has 0 bridgehead atoms. The van der Waals surface area contributed by atoms with Gasteiger partial charge in [0.2, 0.25) is 5.95 Å². The lowest BCUT2D eigenvalue weighted by Gasteiger charge is -2.32. The normalized spacial score (nSPS) is 16.9. The average Bonchev–Trinajstić information content (AvgIpc) is 3.30. The number of hydrogen-bond acceptors (Lipinski definition) is 8. The summed E-state index contributed by atoms with van der Waals surface area (Å²) in [6, 6.07) is 17.9. The molecule has 3 aromatic rings. The summed E-state index contributed by atoms with van der Waals surface area (Å²) >= 11 is 0. The molecular weight excluding hydrogens is 476 g/mol. The third-order valence-corrected chi connectivity index (χ3v) is 7.03. The molecule has 9 heteroatoms. The molecule has 2 aliphatic rings. The Bertz CT molecular complexity index is 1400. The van der Waals surface area contributed by atoms with Crippen LogP contribution in [-0.4, -0.2) is 65.4 Å². The Morgan fingerprint density at radius 1 is 1.11 bits per heavy atom. The number of hydrogen-bond donors (Lipinski definition) is 2. The van der Waals surface area contributed by atoms with Gasteiger partial charge in [-0.25, -0.2) is 9.97 Å². The maximum absolute atomic E-state index is 13.0. The SMILES string of the molecule is CCN1/C(=C(\C#N)c2nc(NC(=O)c3ccc(CN4CCN(C)CC4)cc3)ncc2C)Nc2ccccc21. The fraction of sp³-hybridized carbons (Fsp3) is 0.310. The van der Waals surface area contributed by atoms with Crippen molar-refractivity contribution in [1.29, 1.82) is 5.26 Å². The molecule has 2 aromatic carbocycles. The number of piperazine rings is 1. The van der Waals surface area contributed by atoms with E-state index in [0.29, 0.717) is 29.2 Å². The molecule has 1 saturated heterocycles. The highest BCUT2D eigenvalue weighted by molar-refractivity contribution is 6.03.